The van der Waals surface area contributed by atoms with Crippen LogP contribution in [0.15, 0.2) is 73.1 Å². The largest absolute Gasteiger partial charge is 0.493 e. The van der Waals surface area contributed by atoms with Crippen molar-refractivity contribution in [1.82, 2.24) is 15.0 Å². The highest BCUT2D eigenvalue weighted by molar-refractivity contribution is 5.58. The molecule has 1 unspecified atom stereocenters. The van der Waals surface area contributed by atoms with Gasteiger partial charge in [0, 0.05) is 18.0 Å². The molecule has 5 nitrogen and oxygen atoms in total. The predicted molar refractivity (Wildman–Crippen MR) is 111 cm³/mol. The van der Waals surface area contributed by atoms with E-state index in [0.717, 1.165) is 52.0 Å². The van der Waals surface area contributed by atoms with Crippen LogP contribution in [0, 0.1) is 6.92 Å². The molecule has 0 radical (unpaired) electrons. The van der Waals surface area contributed by atoms with E-state index in [2.05, 4.69) is 33.2 Å². The van der Waals surface area contributed by atoms with Gasteiger partial charge in [-0.3, -0.25) is 4.98 Å². The number of benzene rings is 2. The summed E-state index contributed by atoms with van der Waals surface area (Å²) in [4.78, 5) is 12.3. The minimum absolute atomic E-state index is 0.179. The molecule has 0 bridgehead atoms. The van der Waals surface area contributed by atoms with Gasteiger partial charge in [0.05, 0.1) is 24.4 Å². The third kappa shape index (κ3) is 3.72. The summed E-state index contributed by atoms with van der Waals surface area (Å²) in [5.41, 5.74) is 4.21. The molecule has 2 aromatic carbocycles. The van der Waals surface area contributed by atoms with Crippen molar-refractivity contribution in [3.63, 3.8) is 0 Å². The fourth-order valence-corrected chi connectivity index (χ4v) is 3.64. The van der Waals surface area contributed by atoms with Crippen molar-refractivity contribution in [2.45, 2.75) is 19.3 Å². The SMILES string of the molecule is Cc1cc(Oc2ccc3c(c2)CC(c2ncc(-c4ccccc4)[nH]2)CO3)ccn1. The molecule has 3 heterocycles. The Balaban J connectivity index is 1.36. The second kappa shape index (κ2) is 7.43. The lowest BCUT2D eigenvalue weighted by molar-refractivity contribution is 0.257. The summed E-state index contributed by atoms with van der Waals surface area (Å²) in [5.74, 6) is 3.62. The maximum absolute atomic E-state index is 6.01. The minimum atomic E-state index is 0.179. The number of hydrogen-bond donors (Lipinski definition) is 1. The van der Waals surface area contributed by atoms with E-state index in [1.54, 1.807) is 6.20 Å². The minimum Gasteiger partial charge on any atom is -0.493 e. The number of hydrogen-bond acceptors (Lipinski definition) is 4. The zero-order chi connectivity index (χ0) is 19.6. The van der Waals surface area contributed by atoms with Crippen molar-refractivity contribution < 1.29 is 9.47 Å². The number of nitrogens with one attached hydrogen (secondary N) is 1. The molecule has 5 rings (SSSR count). The fraction of sp³-hybridized carbons (Fsp3) is 0.167. The van der Waals surface area contributed by atoms with Crippen LogP contribution < -0.4 is 9.47 Å². The average Bonchev–Trinajstić information content (AvgIpc) is 3.24. The van der Waals surface area contributed by atoms with Gasteiger partial charge in [0.25, 0.3) is 0 Å². The van der Waals surface area contributed by atoms with Crippen LogP contribution >= 0.6 is 0 Å². The van der Waals surface area contributed by atoms with Crippen LogP contribution in [-0.2, 0) is 6.42 Å². The maximum atomic E-state index is 6.01. The zero-order valence-corrected chi connectivity index (χ0v) is 16.1. The summed E-state index contributed by atoms with van der Waals surface area (Å²) in [6.07, 6.45) is 4.50. The third-order valence-corrected chi connectivity index (χ3v) is 5.11. The van der Waals surface area contributed by atoms with Gasteiger partial charge in [-0.25, -0.2) is 4.98 Å². The van der Waals surface area contributed by atoms with E-state index < -0.39 is 0 Å². The van der Waals surface area contributed by atoms with Gasteiger partial charge >= 0.3 is 0 Å². The summed E-state index contributed by atoms with van der Waals surface area (Å²) in [6, 6.07) is 20.0. The Bertz CT molecular complexity index is 1140. The summed E-state index contributed by atoms with van der Waals surface area (Å²) in [5, 5.41) is 0. The Morgan fingerprint density at radius 3 is 2.72 bits per heavy atom. The average molecular weight is 383 g/mol. The van der Waals surface area contributed by atoms with Crippen LogP contribution in [0.2, 0.25) is 0 Å². The Morgan fingerprint density at radius 2 is 1.86 bits per heavy atom. The van der Waals surface area contributed by atoms with E-state index in [1.165, 1.54) is 0 Å². The number of aromatic nitrogens is 3. The molecule has 1 aliphatic heterocycles. The molecule has 0 amide bonds. The van der Waals surface area contributed by atoms with Crippen LogP contribution in [0.5, 0.6) is 17.2 Å². The van der Waals surface area contributed by atoms with Crippen LogP contribution in [0.4, 0.5) is 0 Å². The highest BCUT2D eigenvalue weighted by Crippen LogP contribution is 2.35. The third-order valence-electron chi connectivity index (χ3n) is 5.11. The number of aryl methyl sites for hydroxylation is 1. The molecule has 1 N–H and O–H groups in total. The Morgan fingerprint density at radius 1 is 1.00 bits per heavy atom. The van der Waals surface area contributed by atoms with E-state index in [-0.39, 0.29) is 5.92 Å². The van der Waals surface area contributed by atoms with Gasteiger partial charge in [-0.15, -0.1) is 0 Å². The number of rotatable bonds is 4. The van der Waals surface area contributed by atoms with E-state index in [1.807, 2.05) is 55.6 Å². The summed E-state index contributed by atoms with van der Waals surface area (Å²) >= 11 is 0. The molecule has 144 valence electrons. The lowest BCUT2D eigenvalue weighted by Gasteiger charge is -2.24. The van der Waals surface area contributed by atoms with Gasteiger partial charge in [0.15, 0.2) is 0 Å². The molecule has 4 aromatic rings. The van der Waals surface area contributed by atoms with Crippen LogP contribution in [0.1, 0.15) is 23.0 Å². The van der Waals surface area contributed by atoms with Crippen LogP contribution in [0.3, 0.4) is 0 Å². The molecule has 29 heavy (non-hydrogen) atoms. The first-order valence-electron chi connectivity index (χ1n) is 9.71. The number of H-pyrrole nitrogens is 1. The molecule has 0 aliphatic carbocycles. The van der Waals surface area contributed by atoms with Crippen molar-refractivity contribution in [1.29, 1.82) is 0 Å². The second-order valence-electron chi connectivity index (χ2n) is 7.26. The molecule has 0 saturated carbocycles. The Hall–Kier alpha value is -3.60. The zero-order valence-electron chi connectivity index (χ0n) is 16.1. The molecule has 1 atom stereocenters. The number of pyridine rings is 1. The van der Waals surface area contributed by atoms with Gasteiger partial charge in [-0.1, -0.05) is 30.3 Å². The summed E-state index contributed by atoms with van der Waals surface area (Å²) in [6.45, 7) is 2.56. The lowest BCUT2D eigenvalue weighted by atomic mass is 9.96. The van der Waals surface area contributed by atoms with E-state index in [0.29, 0.717) is 6.61 Å². The van der Waals surface area contributed by atoms with Crippen molar-refractivity contribution in [3.05, 3.63) is 90.1 Å². The molecule has 1 aliphatic rings. The lowest BCUT2D eigenvalue weighted by Crippen LogP contribution is -2.20. The number of nitrogens with zero attached hydrogens (tertiary/aromatic N) is 2. The topological polar surface area (TPSA) is 60.0 Å². The molecule has 0 spiro atoms. The fourth-order valence-electron chi connectivity index (χ4n) is 3.64. The number of imidazole rings is 1. The van der Waals surface area contributed by atoms with Gasteiger partial charge < -0.3 is 14.5 Å². The van der Waals surface area contributed by atoms with E-state index in [4.69, 9.17) is 9.47 Å². The first-order chi connectivity index (χ1) is 14.2. The molecular formula is C24H21N3O2. The van der Waals surface area contributed by atoms with Crippen molar-refractivity contribution in [3.8, 4) is 28.5 Å². The first-order valence-corrected chi connectivity index (χ1v) is 9.71. The summed E-state index contributed by atoms with van der Waals surface area (Å²) < 4.78 is 12.0. The molecule has 0 fully saturated rings. The maximum Gasteiger partial charge on any atom is 0.130 e. The molecule has 2 aromatic heterocycles. The van der Waals surface area contributed by atoms with Crippen LogP contribution in [-0.4, -0.2) is 21.6 Å². The van der Waals surface area contributed by atoms with E-state index in [9.17, 15) is 0 Å². The number of aromatic amines is 1. The quantitative estimate of drug-likeness (QED) is 0.520. The van der Waals surface area contributed by atoms with Crippen molar-refractivity contribution in [2.75, 3.05) is 6.61 Å². The monoisotopic (exact) mass is 383 g/mol. The van der Waals surface area contributed by atoms with E-state index >= 15 is 0 Å². The standard InChI is InChI=1S/C24H21N3O2/c1-16-11-21(9-10-25-16)29-20-7-8-23-18(13-20)12-19(15-28-23)24-26-14-22(27-24)17-5-3-2-4-6-17/h2-11,13-14,19H,12,15H2,1H3,(H,26,27). The number of ether oxygens (including phenoxy) is 2. The molecule has 0 saturated heterocycles. The Kier molecular flexibility index (Phi) is 4.48. The normalized spacial score (nSPS) is 15.4. The van der Waals surface area contributed by atoms with Crippen molar-refractivity contribution in [2.24, 2.45) is 0 Å². The predicted octanol–water partition coefficient (Wildman–Crippen LogP) is 5.29. The van der Waals surface area contributed by atoms with Gasteiger partial charge in [0.2, 0.25) is 0 Å². The van der Waals surface area contributed by atoms with Crippen molar-refractivity contribution >= 4 is 0 Å². The summed E-state index contributed by atoms with van der Waals surface area (Å²) in [7, 11) is 0. The van der Waals surface area contributed by atoms with Gasteiger partial charge in [-0.2, -0.15) is 0 Å². The van der Waals surface area contributed by atoms with Gasteiger partial charge in [-0.05, 0) is 48.7 Å². The number of fused-ring (bicyclic) bond motifs is 1. The highest BCUT2D eigenvalue weighted by Gasteiger charge is 2.24. The highest BCUT2D eigenvalue weighted by atomic mass is 16.5. The molecule has 5 heteroatoms. The smallest absolute Gasteiger partial charge is 0.130 e. The second-order valence-corrected chi connectivity index (χ2v) is 7.26. The Labute approximate surface area is 169 Å². The molecular weight excluding hydrogens is 362 g/mol. The van der Waals surface area contributed by atoms with Crippen LogP contribution in [0.25, 0.3) is 11.3 Å². The van der Waals surface area contributed by atoms with Gasteiger partial charge in [0.1, 0.15) is 23.1 Å². The first kappa shape index (κ1) is 17.5.